The third-order valence-corrected chi connectivity index (χ3v) is 3.65. The van der Waals surface area contributed by atoms with Gasteiger partial charge in [0.25, 0.3) is 0 Å². The Labute approximate surface area is 125 Å². The average molecular weight is 283 g/mol. The Morgan fingerprint density at radius 3 is 2.35 bits per heavy atom. The van der Waals surface area contributed by atoms with Crippen molar-refractivity contribution in [2.24, 2.45) is 0 Å². The summed E-state index contributed by atoms with van der Waals surface area (Å²) < 4.78 is 10.9. The number of ether oxygens (including phenoxy) is 2. The van der Waals surface area contributed by atoms with Gasteiger partial charge in [-0.1, -0.05) is 44.1 Å². The van der Waals surface area contributed by atoms with E-state index in [-0.39, 0.29) is 12.2 Å². The molecule has 3 heteroatoms. The van der Waals surface area contributed by atoms with E-state index in [9.17, 15) is 0 Å². The number of unbranched alkanes of at least 4 members (excludes halogenated alkanes) is 1. The standard InChI is InChI=1S/C17H33NO2/c1-7-18(4)14-10-12-16(19-5)11-8-9-13-17(20-6)15(2)3/h10,12,16-17H,2,7-9,11,13-14H2,1,3-6H3/b12-10-/t16?,17-/m1/s1. The van der Waals surface area contributed by atoms with Gasteiger partial charge in [-0.05, 0) is 33.4 Å². The van der Waals surface area contributed by atoms with Gasteiger partial charge in [-0.15, -0.1) is 0 Å². The van der Waals surface area contributed by atoms with E-state index >= 15 is 0 Å². The number of nitrogens with zero attached hydrogens (tertiary/aromatic N) is 1. The normalized spacial score (nSPS) is 14.9. The minimum absolute atomic E-state index is 0.199. The molecule has 0 saturated carbocycles. The van der Waals surface area contributed by atoms with Gasteiger partial charge in [0.1, 0.15) is 0 Å². The van der Waals surface area contributed by atoms with Gasteiger partial charge in [0.2, 0.25) is 0 Å². The summed E-state index contributed by atoms with van der Waals surface area (Å²) in [6, 6.07) is 0. The van der Waals surface area contributed by atoms with Gasteiger partial charge in [-0.3, -0.25) is 0 Å². The molecule has 1 unspecified atom stereocenters. The lowest BCUT2D eigenvalue weighted by Gasteiger charge is -2.16. The summed E-state index contributed by atoms with van der Waals surface area (Å²) in [5, 5.41) is 0. The largest absolute Gasteiger partial charge is 0.377 e. The van der Waals surface area contributed by atoms with Gasteiger partial charge in [0, 0.05) is 20.8 Å². The van der Waals surface area contributed by atoms with Gasteiger partial charge in [0.05, 0.1) is 12.2 Å². The first-order chi connectivity index (χ1) is 9.54. The Hall–Kier alpha value is -0.640. The van der Waals surface area contributed by atoms with Crippen LogP contribution in [0.2, 0.25) is 0 Å². The smallest absolute Gasteiger partial charge is 0.0775 e. The molecule has 3 nitrogen and oxygen atoms in total. The van der Waals surface area contributed by atoms with Crippen molar-refractivity contribution in [3.63, 3.8) is 0 Å². The summed E-state index contributed by atoms with van der Waals surface area (Å²) in [5.41, 5.74) is 1.11. The van der Waals surface area contributed by atoms with E-state index in [1.165, 1.54) is 0 Å². The Balaban J connectivity index is 3.87. The first kappa shape index (κ1) is 19.4. The highest BCUT2D eigenvalue weighted by Crippen LogP contribution is 2.14. The van der Waals surface area contributed by atoms with Crippen LogP contribution < -0.4 is 0 Å². The second kappa shape index (κ2) is 12.1. The molecule has 0 radical (unpaired) electrons. The summed E-state index contributed by atoms with van der Waals surface area (Å²) in [6.45, 7) is 10.2. The van der Waals surface area contributed by atoms with Crippen molar-refractivity contribution in [1.82, 2.24) is 4.90 Å². The number of likely N-dealkylation sites (N-methyl/N-ethyl adjacent to an activating group) is 1. The van der Waals surface area contributed by atoms with E-state index in [1.54, 1.807) is 14.2 Å². The Morgan fingerprint density at radius 2 is 1.85 bits per heavy atom. The molecule has 0 aromatic carbocycles. The maximum atomic E-state index is 5.49. The quantitative estimate of drug-likeness (QED) is 0.403. The van der Waals surface area contributed by atoms with E-state index in [0.29, 0.717) is 0 Å². The van der Waals surface area contributed by atoms with Crippen LogP contribution >= 0.6 is 0 Å². The van der Waals surface area contributed by atoms with Crippen LogP contribution in [0.3, 0.4) is 0 Å². The van der Waals surface area contributed by atoms with Crippen molar-refractivity contribution in [3.05, 3.63) is 24.3 Å². The number of methoxy groups -OCH3 is 2. The van der Waals surface area contributed by atoms with Crippen LogP contribution in [-0.2, 0) is 9.47 Å². The zero-order chi connectivity index (χ0) is 15.4. The molecule has 0 heterocycles. The first-order valence-electron chi connectivity index (χ1n) is 7.61. The van der Waals surface area contributed by atoms with E-state index in [0.717, 1.165) is 44.3 Å². The summed E-state index contributed by atoms with van der Waals surface area (Å²) in [4.78, 5) is 2.26. The molecule has 20 heavy (non-hydrogen) atoms. The van der Waals surface area contributed by atoms with Gasteiger partial charge in [0.15, 0.2) is 0 Å². The molecule has 0 saturated heterocycles. The fourth-order valence-electron chi connectivity index (χ4n) is 2.06. The van der Waals surface area contributed by atoms with Gasteiger partial charge < -0.3 is 14.4 Å². The lowest BCUT2D eigenvalue weighted by molar-refractivity contribution is 0.113. The van der Waals surface area contributed by atoms with Crippen molar-refractivity contribution >= 4 is 0 Å². The second-order valence-corrected chi connectivity index (χ2v) is 5.41. The molecule has 0 aliphatic rings. The van der Waals surface area contributed by atoms with E-state index in [4.69, 9.17) is 9.47 Å². The Morgan fingerprint density at radius 1 is 1.20 bits per heavy atom. The summed E-state index contributed by atoms with van der Waals surface area (Å²) in [5.74, 6) is 0. The van der Waals surface area contributed by atoms with E-state index in [2.05, 4.69) is 37.6 Å². The molecule has 0 rings (SSSR count). The monoisotopic (exact) mass is 283 g/mol. The molecular weight excluding hydrogens is 250 g/mol. The van der Waals surface area contributed by atoms with Crippen molar-refractivity contribution < 1.29 is 9.47 Å². The third kappa shape index (κ3) is 9.29. The van der Waals surface area contributed by atoms with Crippen LogP contribution in [-0.4, -0.2) is 51.5 Å². The maximum absolute atomic E-state index is 5.49. The van der Waals surface area contributed by atoms with Crippen molar-refractivity contribution in [2.75, 3.05) is 34.4 Å². The molecule has 0 N–H and O–H groups in total. The molecule has 0 aliphatic carbocycles. The van der Waals surface area contributed by atoms with Gasteiger partial charge in [-0.25, -0.2) is 0 Å². The molecule has 2 atom stereocenters. The molecule has 0 fully saturated rings. The highest BCUT2D eigenvalue weighted by molar-refractivity contribution is 4.97. The minimum Gasteiger partial charge on any atom is -0.377 e. The molecule has 0 bridgehead atoms. The minimum atomic E-state index is 0.199. The van der Waals surface area contributed by atoms with Crippen LogP contribution in [0, 0.1) is 0 Å². The van der Waals surface area contributed by atoms with Crippen molar-refractivity contribution in [1.29, 1.82) is 0 Å². The molecule has 0 aromatic rings. The summed E-state index contributed by atoms with van der Waals surface area (Å²) in [6.07, 6.45) is 9.21. The number of rotatable bonds is 12. The highest BCUT2D eigenvalue weighted by atomic mass is 16.5. The molecule has 0 spiro atoms. The topological polar surface area (TPSA) is 21.7 Å². The van der Waals surface area contributed by atoms with Crippen LogP contribution in [0.4, 0.5) is 0 Å². The van der Waals surface area contributed by atoms with E-state index < -0.39 is 0 Å². The SMILES string of the molecule is C=C(C)[C@@H](CCCCC(/C=C\CN(C)CC)OC)OC. The lowest BCUT2D eigenvalue weighted by atomic mass is 10.0. The first-order valence-corrected chi connectivity index (χ1v) is 7.61. The van der Waals surface area contributed by atoms with Gasteiger partial charge >= 0.3 is 0 Å². The Bertz CT molecular complexity index is 276. The summed E-state index contributed by atoms with van der Waals surface area (Å²) >= 11 is 0. The molecule has 0 aromatic heterocycles. The highest BCUT2D eigenvalue weighted by Gasteiger charge is 2.08. The predicted molar refractivity (Wildman–Crippen MR) is 87.2 cm³/mol. The fourth-order valence-corrected chi connectivity index (χ4v) is 2.06. The zero-order valence-electron chi connectivity index (χ0n) is 14.0. The maximum Gasteiger partial charge on any atom is 0.0775 e. The van der Waals surface area contributed by atoms with Crippen molar-refractivity contribution in [2.45, 2.75) is 51.7 Å². The zero-order valence-corrected chi connectivity index (χ0v) is 14.0. The van der Waals surface area contributed by atoms with Crippen LogP contribution in [0.15, 0.2) is 24.3 Å². The molecule has 118 valence electrons. The average Bonchev–Trinajstić information content (AvgIpc) is 2.44. The number of hydrogen-bond acceptors (Lipinski definition) is 3. The van der Waals surface area contributed by atoms with E-state index in [1.807, 2.05) is 6.92 Å². The van der Waals surface area contributed by atoms with Gasteiger partial charge in [-0.2, -0.15) is 0 Å². The lowest BCUT2D eigenvalue weighted by Crippen LogP contribution is -2.17. The second-order valence-electron chi connectivity index (χ2n) is 5.41. The van der Waals surface area contributed by atoms with Crippen LogP contribution in [0.1, 0.15) is 39.5 Å². The van der Waals surface area contributed by atoms with Crippen LogP contribution in [0.25, 0.3) is 0 Å². The third-order valence-electron chi connectivity index (χ3n) is 3.65. The summed E-state index contributed by atoms with van der Waals surface area (Å²) in [7, 11) is 5.66. The number of hydrogen-bond donors (Lipinski definition) is 0. The molecule has 0 amide bonds. The predicted octanol–water partition coefficient (Wildman–Crippen LogP) is 3.66. The Kier molecular flexibility index (Phi) is 11.7. The van der Waals surface area contributed by atoms with Crippen molar-refractivity contribution in [3.8, 4) is 0 Å². The van der Waals surface area contributed by atoms with Crippen LogP contribution in [0.5, 0.6) is 0 Å². The molecular formula is C17H33NO2. The fraction of sp³-hybridized carbons (Fsp3) is 0.765. The molecule has 0 aliphatic heterocycles.